The predicted molar refractivity (Wildman–Crippen MR) is 242 cm³/mol. The largest absolute Gasteiger partial charge is 0.494 e. The summed E-state index contributed by atoms with van der Waals surface area (Å²) in [6, 6.07) is 19.0. The average molecular weight is 953 g/mol. The van der Waals surface area contributed by atoms with Crippen molar-refractivity contribution >= 4 is 57.0 Å². The van der Waals surface area contributed by atoms with Crippen LogP contribution in [-0.2, 0) is 38.8 Å². The zero-order valence-corrected chi connectivity index (χ0v) is 39.9. The fraction of sp³-hybridized carbons (Fsp3) is 0.467. The molecule has 62 heavy (non-hydrogen) atoms. The third-order valence-electron chi connectivity index (χ3n) is 10.8. The van der Waals surface area contributed by atoms with Gasteiger partial charge in [-0.1, -0.05) is 73.1 Å². The zero-order chi connectivity index (χ0) is 47.4. The number of carboxylic acid groups (broad SMARTS) is 1. The van der Waals surface area contributed by atoms with Gasteiger partial charge < -0.3 is 29.0 Å². The van der Waals surface area contributed by atoms with Crippen molar-refractivity contribution in [3.05, 3.63) is 126 Å². The maximum Gasteiger partial charge on any atom is 0.494 e. The highest BCUT2D eigenvalue weighted by molar-refractivity contribution is 9.10. The van der Waals surface area contributed by atoms with Gasteiger partial charge in [-0.3, -0.25) is 19.7 Å². The number of carbonyl (C=O) groups is 2. The van der Waals surface area contributed by atoms with E-state index < -0.39 is 51.8 Å². The number of nitro benzene ring substituents is 1. The maximum absolute atomic E-state index is 12.3. The third kappa shape index (κ3) is 15.0. The number of nitro groups is 1. The topological polar surface area (TPSA) is 144 Å². The van der Waals surface area contributed by atoms with E-state index in [2.05, 4.69) is 46.9 Å². The van der Waals surface area contributed by atoms with Crippen molar-refractivity contribution in [2.75, 3.05) is 19.6 Å². The highest BCUT2D eigenvalue weighted by Crippen LogP contribution is 2.37. The van der Waals surface area contributed by atoms with Gasteiger partial charge in [0.2, 0.25) is 5.76 Å². The van der Waals surface area contributed by atoms with Crippen molar-refractivity contribution in [2.24, 2.45) is 0 Å². The molecule has 2 N–H and O–H groups in total. The summed E-state index contributed by atoms with van der Waals surface area (Å²) in [5, 5.41) is 22.5. The van der Waals surface area contributed by atoms with Gasteiger partial charge in [0.25, 0.3) is 10.9 Å². The SMILES string of the molecule is CC(C)(C(=O)O)c1cccc(B2OC(C)(C)C(C)(C)O2)c1.CCN(CC)CC.Cc1cc(C)c([N+](=O)[O-])c(C)c1C(=O)Cl.FC(F)(F)c1ccc(CNCc2ccc(Br)cc2)o1. The number of hydrogen-bond acceptors (Lipinski definition) is 9. The van der Waals surface area contributed by atoms with Crippen molar-refractivity contribution in [1.29, 1.82) is 0 Å². The lowest BCUT2D eigenvalue weighted by molar-refractivity contribution is -0.386. The first-order chi connectivity index (χ1) is 28.6. The van der Waals surface area contributed by atoms with Crippen molar-refractivity contribution in [2.45, 2.75) is 119 Å². The second-order valence-electron chi connectivity index (χ2n) is 16.1. The first-order valence-electron chi connectivity index (χ1n) is 20.1. The lowest BCUT2D eigenvalue weighted by Gasteiger charge is -2.32. The molecule has 0 saturated carbocycles. The van der Waals surface area contributed by atoms with Crippen molar-refractivity contribution < 1.29 is 46.5 Å². The number of nitrogens with zero attached hydrogens (tertiary/aromatic N) is 2. The van der Waals surface area contributed by atoms with Crippen molar-refractivity contribution in [3.8, 4) is 0 Å². The van der Waals surface area contributed by atoms with Crippen LogP contribution in [0.1, 0.15) is 112 Å². The normalized spacial score (nSPS) is 14.2. The van der Waals surface area contributed by atoms with E-state index in [4.69, 9.17) is 25.3 Å². The molecule has 1 aromatic heterocycles. The summed E-state index contributed by atoms with van der Waals surface area (Å²) in [6.07, 6.45) is -4.43. The Morgan fingerprint density at radius 1 is 0.887 bits per heavy atom. The molecule has 17 heteroatoms. The number of alkyl halides is 3. The first kappa shape index (κ1) is 54.1. The molecule has 1 saturated heterocycles. The minimum absolute atomic E-state index is 0.0374. The Morgan fingerprint density at radius 2 is 1.44 bits per heavy atom. The van der Waals surface area contributed by atoms with E-state index >= 15 is 0 Å². The summed E-state index contributed by atoms with van der Waals surface area (Å²) < 4.78 is 54.6. The van der Waals surface area contributed by atoms with Crippen LogP contribution in [0.2, 0.25) is 0 Å². The minimum Gasteiger partial charge on any atom is -0.481 e. The number of hydrogen-bond donors (Lipinski definition) is 2. The number of carbonyl (C=O) groups excluding carboxylic acids is 1. The monoisotopic (exact) mass is 951 g/mol. The van der Waals surface area contributed by atoms with E-state index in [-0.39, 0.29) is 23.6 Å². The van der Waals surface area contributed by atoms with Gasteiger partial charge in [0.15, 0.2) is 0 Å². The molecule has 340 valence electrons. The highest BCUT2D eigenvalue weighted by Gasteiger charge is 2.52. The third-order valence-corrected chi connectivity index (χ3v) is 11.5. The molecule has 0 spiro atoms. The van der Waals surface area contributed by atoms with Crippen LogP contribution in [0.25, 0.3) is 0 Å². The van der Waals surface area contributed by atoms with Crippen LogP contribution in [-0.4, -0.2) is 64.1 Å². The predicted octanol–water partition coefficient (Wildman–Crippen LogP) is 10.9. The van der Waals surface area contributed by atoms with Crippen LogP contribution in [0.5, 0.6) is 0 Å². The van der Waals surface area contributed by atoms with Gasteiger partial charge in [-0.15, -0.1) is 0 Å². The minimum atomic E-state index is -4.43. The molecule has 0 unspecified atom stereocenters. The molecule has 1 aliphatic rings. The smallest absolute Gasteiger partial charge is 0.481 e. The van der Waals surface area contributed by atoms with Gasteiger partial charge >= 0.3 is 19.3 Å². The van der Waals surface area contributed by atoms with E-state index in [0.717, 1.165) is 27.1 Å². The Labute approximate surface area is 377 Å². The lowest BCUT2D eigenvalue weighted by Crippen LogP contribution is -2.41. The Bertz CT molecular complexity index is 2060. The molecule has 1 fully saturated rings. The summed E-state index contributed by atoms with van der Waals surface area (Å²) in [7, 11) is -0.473. The van der Waals surface area contributed by atoms with E-state index in [9.17, 15) is 38.0 Å². The standard InChI is InChI=1S/C16H23BO4.C13H11BrF3NO.C10H10ClNO3.C6H15N/c1-14(2,13(18)19)11-8-7-9-12(10-11)17-20-15(3,4)16(5,6)21-17;14-10-3-1-9(2-4-10)7-18-8-11-5-6-12(19-11)13(15,16)17;1-5-4-6(2)9(12(14)15)7(3)8(5)10(11)13;1-4-7(5-2)6-3/h7-10H,1-6H3,(H,18,19);1-6,18H,7-8H2;4H,1-3H3;4-6H2,1-3H3. The van der Waals surface area contributed by atoms with Gasteiger partial charge in [-0.25, -0.2) is 0 Å². The second-order valence-corrected chi connectivity index (χ2v) is 17.4. The van der Waals surface area contributed by atoms with Crippen LogP contribution in [0.4, 0.5) is 18.9 Å². The number of aryl methyl sites for hydroxylation is 2. The molecular weight excluding hydrogens is 894 g/mol. The van der Waals surface area contributed by atoms with Crippen molar-refractivity contribution in [1.82, 2.24) is 10.2 Å². The van der Waals surface area contributed by atoms with Crippen LogP contribution >= 0.6 is 27.5 Å². The molecular formula is C45H59BBrClF3N3O8. The van der Waals surface area contributed by atoms with E-state index in [1.54, 1.807) is 33.8 Å². The molecule has 3 aromatic carbocycles. The molecule has 1 aliphatic heterocycles. The number of carboxylic acids is 1. The van der Waals surface area contributed by atoms with Gasteiger partial charge in [0.05, 0.1) is 28.1 Å². The molecule has 0 amide bonds. The number of nitrogens with one attached hydrogen (secondary N) is 1. The summed E-state index contributed by atoms with van der Waals surface area (Å²) in [4.78, 5) is 35.2. The number of aliphatic carboxylic acids is 1. The number of rotatable bonds is 12. The first-order valence-corrected chi connectivity index (χ1v) is 21.3. The van der Waals surface area contributed by atoms with Gasteiger partial charge in [0.1, 0.15) is 5.76 Å². The summed E-state index contributed by atoms with van der Waals surface area (Å²) in [5.74, 6) is -1.55. The number of furan rings is 1. The van der Waals surface area contributed by atoms with Crippen LogP contribution in [0.15, 0.2) is 75.6 Å². The van der Waals surface area contributed by atoms with Crippen LogP contribution < -0.4 is 10.8 Å². The lowest BCUT2D eigenvalue weighted by atomic mass is 9.75. The summed E-state index contributed by atoms with van der Waals surface area (Å²) >= 11 is 8.71. The molecule has 0 aliphatic carbocycles. The van der Waals surface area contributed by atoms with Crippen molar-refractivity contribution in [3.63, 3.8) is 0 Å². The summed E-state index contributed by atoms with van der Waals surface area (Å²) in [5.41, 5.74) is 2.60. The zero-order valence-electron chi connectivity index (χ0n) is 37.6. The molecule has 0 radical (unpaired) electrons. The Kier molecular flexibility index (Phi) is 20.1. The fourth-order valence-electron chi connectivity index (χ4n) is 6.16. The van der Waals surface area contributed by atoms with Gasteiger partial charge in [-0.05, 0) is 146 Å². The number of halogens is 5. The van der Waals surface area contributed by atoms with E-state index in [0.29, 0.717) is 23.2 Å². The molecule has 4 aromatic rings. The number of benzene rings is 3. The highest BCUT2D eigenvalue weighted by atomic mass is 79.9. The molecule has 5 rings (SSSR count). The molecule has 0 atom stereocenters. The Hall–Kier alpha value is -4.06. The van der Waals surface area contributed by atoms with Crippen LogP contribution in [0, 0.1) is 30.9 Å². The quantitative estimate of drug-likeness (QED) is 0.0609. The maximum atomic E-state index is 12.3. The Balaban J connectivity index is 0.000000300. The second kappa shape index (κ2) is 23.0. The average Bonchev–Trinajstić information content (AvgIpc) is 3.74. The van der Waals surface area contributed by atoms with Gasteiger partial charge in [0, 0.05) is 27.7 Å². The molecule has 11 nitrogen and oxygen atoms in total. The van der Waals surface area contributed by atoms with E-state index in [1.165, 1.54) is 32.6 Å². The van der Waals surface area contributed by atoms with Crippen LogP contribution in [0.3, 0.4) is 0 Å². The molecule has 0 bridgehead atoms. The summed E-state index contributed by atoms with van der Waals surface area (Å²) in [6.45, 7) is 27.2. The Morgan fingerprint density at radius 3 is 1.87 bits per heavy atom. The van der Waals surface area contributed by atoms with Gasteiger partial charge in [-0.2, -0.15) is 13.2 Å². The fourth-order valence-corrected chi connectivity index (χ4v) is 6.72. The molecule has 2 heterocycles. The van der Waals surface area contributed by atoms with E-state index in [1.807, 2.05) is 76.2 Å².